The molecule has 2 fully saturated rings. The van der Waals surface area contributed by atoms with Gasteiger partial charge in [-0.05, 0) is 37.3 Å². The van der Waals surface area contributed by atoms with Crippen molar-refractivity contribution in [3.8, 4) is 0 Å². The van der Waals surface area contributed by atoms with Crippen LogP contribution in [0.15, 0.2) is 30.1 Å². The van der Waals surface area contributed by atoms with Crippen LogP contribution in [0.4, 0.5) is 5.69 Å². The zero-order valence-corrected chi connectivity index (χ0v) is 16.5. The Morgan fingerprint density at radius 1 is 1.11 bits per heavy atom. The van der Waals surface area contributed by atoms with Gasteiger partial charge in [-0.15, -0.1) is 12.4 Å². The van der Waals surface area contributed by atoms with Crippen LogP contribution in [-0.2, 0) is 14.3 Å². The minimum absolute atomic E-state index is 0. The predicted octanol–water partition coefficient (Wildman–Crippen LogP) is 1.57. The number of piperidine rings is 1. The number of nitrogens with zero attached hydrogens (tertiary/aromatic N) is 4. The van der Waals surface area contributed by atoms with Gasteiger partial charge in [0, 0.05) is 57.3 Å². The van der Waals surface area contributed by atoms with E-state index in [1.165, 1.54) is 12.8 Å². The van der Waals surface area contributed by atoms with Crippen LogP contribution in [0.5, 0.6) is 0 Å². The number of carbonyl (C=O) groups excluding carboxylic acids is 2. The Morgan fingerprint density at radius 3 is 2.26 bits per heavy atom. The van der Waals surface area contributed by atoms with Gasteiger partial charge in [0.05, 0.1) is 7.11 Å². The number of carbonyl (C=O) groups is 1. The van der Waals surface area contributed by atoms with E-state index >= 15 is 0 Å². The maximum atomic E-state index is 11.5. The molecule has 0 N–H and O–H groups in total. The Bertz CT molecular complexity index is 650. The summed E-state index contributed by atoms with van der Waals surface area (Å²) in [5, 5.41) is 4.85. The molecule has 0 amide bonds. The monoisotopic (exact) mass is 394 g/mol. The van der Waals surface area contributed by atoms with E-state index in [-0.39, 0.29) is 18.0 Å². The van der Waals surface area contributed by atoms with Gasteiger partial charge in [0.15, 0.2) is 0 Å². The second kappa shape index (κ2) is 10.4. The molecule has 0 saturated carbocycles. The van der Waals surface area contributed by atoms with Crippen molar-refractivity contribution in [2.45, 2.75) is 19.3 Å². The smallest absolute Gasteiger partial charge is 0.344 e. The van der Waals surface area contributed by atoms with Crippen molar-refractivity contribution in [2.24, 2.45) is 5.92 Å². The number of methoxy groups -OCH3 is 1. The van der Waals surface area contributed by atoms with Gasteiger partial charge < -0.3 is 9.64 Å². The lowest BCUT2D eigenvalue weighted by molar-refractivity contribution is -0.136. The number of hydrogen-bond donors (Lipinski definition) is 0. The highest BCUT2D eigenvalue weighted by Gasteiger charge is 2.28. The molecule has 0 aliphatic carbocycles. The Balaban J connectivity index is 0.00000261. The maximum Gasteiger partial charge on any atom is 0.344 e. The summed E-state index contributed by atoms with van der Waals surface area (Å²) in [5.74, 6) is 1.55. The standard InChI is InChI=1S/C19H26N4O3.ClH/c1-26-19(25)17(15-24)14-16-4-8-22(9-5-16)23-12-10-21(11-13-23)18-2-6-20-7-3-18;/h2-3,6-7,16H,4-5,8-14H2,1H3;1H. The largest absolute Gasteiger partial charge is 0.465 e. The summed E-state index contributed by atoms with van der Waals surface area (Å²) in [7, 11) is 1.30. The lowest BCUT2D eigenvalue weighted by Gasteiger charge is -2.44. The third-order valence-electron chi connectivity index (χ3n) is 5.32. The minimum Gasteiger partial charge on any atom is -0.465 e. The third-order valence-corrected chi connectivity index (χ3v) is 5.32. The summed E-state index contributed by atoms with van der Waals surface area (Å²) in [6.45, 7) is 5.96. The zero-order chi connectivity index (χ0) is 18.4. The highest BCUT2D eigenvalue weighted by atomic mass is 35.5. The van der Waals surface area contributed by atoms with E-state index in [1.807, 2.05) is 12.4 Å². The Hall–Kier alpha value is -1.92. The molecule has 2 saturated heterocycles. The number of esters is 1. The normalized spacial score (nSPS) is 19.1. The maximum absolute atomic E-state index is 11.5. The molecule has 148 valence electrons. The average Bonchev–Trinajstić information content (AvgIpc) is 2.72. The van der Waals surface area contributed by atoms with E-state index in [0.717, 1.165) is 52.1 Å². The number of aromatic nitrogens is 1. The van der Waals surface area contributed by atoms with Crippen LogP contribution in [0.25, 0.3) is 0 Å². The number of halogens is 1. The van der Waals surface area contributed by atoms with Gasteiger partial charge in [0.25, 0.3) is 0 Å². The fraction of sp³-hybridized carbons (Fsp3) is 0.579. The Kier molecular flexibility index (Phi) is 8.25. The molecule has 0 unspecified atom stereocenters. The van der Waals surface area contributed by atoms with Crippen molar-refractivity contribution >= 4 is 30.0 Å². The van der Waals surface area contributed by atoms with Crippen molar-refractivity contribution < 1.29 is 14.3 Å². The van der Waals surface area contributed by atoms with Crippen molar-refractivity contribution in [3.05, 3.63) is 30.1 Å². The van der Waals surface area contributed by atoms with Gasteiger partial charge in [-0.3, -0.25) is 4.98 Å². The molecule has 3 heterocycles. The topological polar surface area (TPSA) is 66.0 Å². The molecule has 0 aromatic carbocycles. The molecule has 27 heavy (non-hydrogen) atoms. The first-order chi connectivity index (χ1) is 12.7. The van der Waals surface area contributed by atoms with Crippen LogP contribution in [-0.4, -0.2) is 73.3 Å². The van der Waals surface area contributed by atoms with Gasteiger partial charge in [-0.25, -0.2) is 19.6 Å². The fourth-order valence-electron chi connectivity index (χ4n) is 3.78. The number of rotatable bonds is 5. The molecule has 2 aliphatic heterocycles. The van der Waals surface area contributed by atoms with Crippen LogP contribution >= 0.6 is 12.4 Å². The molecule has 0 atom stereocenters. The summed E-state index contributed by atoms with van der Waals surface area (Å²) in [6, 6.07) is 4.11. The van der Waals surface area contributed by atoms with E-state index < -0.39 is 5.97 Å². The molecule has 7 nitrogen and oxygen atoms in total. The van der Waals surface area contributed by atoms with Gasteiger partial charge in [0.2, 0.25) is 0 Å². The molecule has 8 heteroatoms. The highest BCUT2D eigenvalue weighted by molar-refractivity contribution is 5.96. The molecule has 2 aliphatic rings. The molecular formula is C19H27ClN4O3. The van der Waals surface area contributed by atoms with Gasteiger partial charge in [-0.1, -0.05) is 0 Å². The third kappa shape index (κ3) is 5.53. The van der Waals surface area contributed by atoms with Crippen molar-refractivity contribution in [3.63, 3.8) is 0 Å². The summed E-state index contributed by atoms with van der Waals surface area (Å²) in [5.41, 5.74) is 1.37. The van der Waals surface area contributed by atoms with E-state index in [1.54, 1.807) is 5.94 Å². The Labute approximate surface area is 166 Å². The quantitative estimate of drug-likeness (QED) is 0.426. The molecular weight excluding hydrogens is 368 g/mol. The lowest BCUT2D eigenvalue weighted by Crippen LogP contribution is -2.55. The van der Waals surface area contributed by atoms with E-state index in [4.69, 9.17) is 0 Å². The molecule has 0 radical (unpaired) electrons. The van der Waals surface area contributed by atoms with E-state index in [0.29, 0.717) is 12.3 Å². The first-order valence-electron chi connectivity index (χ1n) is 9.18. The van der Waals surface area contributed by atoms with Crippen molar-refractivity contribution in [1.82, 2.24) is 15.0 Å². The van der Waals surface area contributed by atoms with Crippen LogP contribution in [0, 0.1) is 5.92 Å². The number of hydrazine groups is 1. The van der Waals surface area contributed by atoms with E-state index in [9.17, 15) is 9.59 Å². The summed E-state index contributed by atoms with van der Waals surface area (Å²) in [6.07, 6.45) is 6.10. The second-order valence-electron chi connectivity index (χ2n) is 6.82. The van der Waals surface area contributed by atoms with Crippen LogP contribution in [0.2, 0.25) is 0 Å². The van der Waals surface area contributed by atoms with E-state index in [2.05, 4.69) is 36.8 Å². The molecule has 0 spiro atoms. The zero-order valence-electron chi connectivity index (χ0n) is 15.7. The highest BCUT2D eigenvalue weighted by Crippen LogP contribution is 2.25. The van der Waals surface area contributed by atoms with Crippen LogP contribution in [0.1, 0.15) is 19.3 Å². The summed E-state index contributed by atoms with van der Waals surface area (Å²) >= 11 is 0. The number of pyridine rings is 1. The molecule has 1 aromatic heterocycles. The molecule has 3 rings (SSSR count). The predicted molar refractivity (Wildman–Crippen MR) is 105 cm³/mol. The number of ether oxygens (including phenoxy) is 1. The molecule has 0 bridgehead atoms. The van der Waals surface area contributed by atoms with Crippen LogP contribution < -0.4 is 4.90 Å². The number of piperazine rings is 1. The fourth-order valence-corrected chi connectivity index (χ4v) is 3.78. The first kappa shape index (κ1) is 21.4. The second-order valence-corrected chi connectivity index (χ2v) is 6.82. The summed E-state index contributed by atoms with van der Waals surface area (Å²) in [4.78, 5) is 28.9. The van der Waals surface area contributed by atoms with Gasteiger partial charge in [0.1, 0.15) is 11.5 Å². The number of hydrogen-bond acceptors (Lipinski definition) is 7. The number of anilines is 1. The van der Waals surface area contributed by atoms with Gasteiger partial charge >= 0.3 is 5.97 Å². The first-order valence-corrected chi connectivity index (χ1v) is 9.18. The Morgan fingerprint density at radius 2 is 1.70 bits per heavy atom. The lowest BCUT2D eigenvalue weighted by atomic mass is 9.91. The molecule has 1 aromatic rings. The summed E-state index contributed by atoms with van der Waals surface area (Å²) < 4.78 is 4.64. The van der Waals surface area contributed by atoms with Crippen molar-refractivity contribution in [2.75, 3.05) is 51.3 Å². The SMILES string of the molecule is COC(=O)C(=C=O)CC1CCN(N2CCN(c3ccncc3)CC2)CC1.Cl. The van der Waals surface area contributed by atoms with Crippen LogP contribution in [0.3, 0.4) is 0 Å². The average molecular weight is 395 g/mol. The van der Waals surface area contributed by atoms with Gasteiger partial charge in [-0.2, -0.15) is 0 Å². The van der Waals surface area contributed by atoms with Crippen molar-refractivity contribution in [1.29, 1.82) is 0 Å². The minimum atomic E-state index is -0.547.